The normalized spacial score (nSPS) is 14.7. The number of hydrogen-bond acceptors (Lipinski definition) is 2. The van der Waals surface area contributed by atoms with Gasteiger partial charge in [0, 0.05) is 24.3 Å². The summed E-state index contributed by atoms with van der Waals surface area (Å²) in [5.41, 5.74) is 1.87. The van der Waals surface area contributed by atoms with E-state index >= 15 is 0 Å². The number of para-hydroxylation sites is 1. The van der Waals surface area contributed by atoms with E-state index in [0.717, 1.165) is 30.6 Å². The second kappa shape index (κ2) is 2.38. The number of benzene rings is 1. The second-order valence-corrected chi connectivity index (χ2v) is 2.66. The third-order valence-electron chi connectivity index (χ3n) is 1.85. The Bertz CT molecular complexity index is 279. The van der Waals surface area contributed by atoms with Gasteiger partial charge in [0.25, 0.3) is 0 Å². The van der Waals surface area contributed by atoms with Gasteiger partial charge in [0.05, 0.1) is 0 Å². The number of hydrogen-bond donors (Lipinski definition) is 0. The fraction of sp³-hybridized carbons (Fsp3) is 0.222. The van der Waals surface area contributed by atoms with Crippen LogP contribution in [-0.2, 0) is 0 Å². The van der Waals surface area contributed by atoms with Crippen LogP contribution in [0, 0.1) is 0 Å². The molecular weight excluding hydrogens is 138 g/mol. The Morgan fingerprint density at radius 2 is 2.00 bits per heavy atom. The zero-order valence-electron chi connectivity index (χ0n) is 6.16. The first-order chi connectivity index (χ1) is 5.42. The van der Waals surface area contributed by atoms with E-state index in [-0.39, 0.29) is 0 Å². The van der Waals surface area contributed by atoms with Gasteiger partial charge in [0.1, 0.15) is 0 Å². The fourth-order valence-corrected chi connectivity index (χ4v) is 1.17. The van der Waals surface area contributed by atoms with Gasteiger partial charge in [-0.3, -0.25) is 4.79 Å². The quantitative estimate of drug-likeness (QED) is 0.464. The molecule has 1 aliphatic rings. The predicted molar refractivity (Wildman–Crippen MR) is 44.0 cm³/mol. The highest BCUT2D eigenvalue weighted by Crippen LogP contribution is 2.23. The van der Waals surface area contributed by atoms with Crippen molar-refractivity contribution in [3.8, 4) is 0 Å². The molecule has 0 saturated carbocycles. The van der Waals surface area contributed by atoms with Crippen LogP contribution in [-0.4, -0.2) is 19.4 Å². The molecule has 0 bridgehead atoms. The van der Waals surface area contributed by atoms with Gasteiger partial charge in [-0.25, -0.2) is 0 Å². The largest absolute Gasteiger partial charge is 0.367 e. The lowest BCUT2D eigenvalue weighted by Gasteiger charge is -2.03. The lowest BCUT2D eigenvalue weighted by Crippen LogP contribution is -1.95. The summed E-state index contributed by atoms with van der Waals surface area (Å²) < 4.78 is 0. The van der Waals surface area contributed by atoms with Crippen molar-refractivity contribution < 1.29 is 4.79 Å². The first kappa shape index (κ1) is 6.40. The zero-order chi connectivity index (χ0) is 7.68. The fourth-order valence-electron chi connectivity index (χ4n) is 1.17. The van der Waals surface area contributed by atoms with Crippen molar-refractivity contribution in [1.82, 2.24) is 0 Å². The van der Waals surface area contributed by atoms with Crippen molar-refractivity contribution in [3.63, 3.8) is 0 Å². The van der Waals surface area contributed by atoms with E-state index in [9.17, 15) is 4.79 Å². The Hall–Kier alpha value is -1.31. The van der Waals surface area contributed by atoms with Crippen LogP contribution in [0.1, 0.15) is 10.4 Å². The maximum absolute atomic E-state index is 10.5. The summed E-state index contributed by atoms with van der Waals surface area (Å²) in [4.78, 5) is 12.7. The number of carbonyl (C=O) groups excluding carboxylic acids is 1. The standard InChI is InChI=1S/C9H9NO/c11-7-8-3-1-2-4-9(8)10-5-6-10/h1-4,7H,5-6H2. The molecule has 0 atom stereocenters. The molecular formula is C9H9NO. The molecule has 1 aromatic rings. The molecule has 0 spiro atoms. The molecule has 2 heteroatoms. The van der Waals surface area contributed by atoms with Gasteiger partial charge in [0.2, 0.25) is 0 Å². The molecule has 11 heavy (non-hydrogen) atoms. The van der Waals surface area contributed by atoms with Crippen LogP contribution in [0.4, 0.5) is 5.69 Å². The second-order valence-electron chi connectivity index (χ2n) is 2.66. The molecule has 0 unspecified atom stereocenters. The van der Waals surface area contributed by atoms with Gasteiger partial charge in [0.15, 0.2) is 6.29 Å². The van der Waals surface area contributed by atoms with Gasteiger partial charge in [-0.1, -0.05) is 12.1 Å². The van der Waals surface area contributed by atoms with Crippen LogP contribution in [0.2, 0.25) is 0 Å². The van der Waals surface area contributed by atoms with Crippen molar-refractivity contribution in [2.75, 3.05) is 18.0 Å². The third kappa shape index (κ3) is 1.11. The summed E-state index contributed by atoms with van der Waals surface area (Å²) in [6, 6.07) is 7.68. The van der Waals surface area contributed by atoms with E-state index in [0.29, 0.717) is 0 Å². The number of rotatable bonds is 2. The van der Waals surface area contributed by atoms with Crippen molar-refractivity contribution in [1.29, 1.82) is 0 Å². The Balaban J connectivity index is 2.42. The average molecular weight is 147 g/mol. The minimum Gasteiger partial charge on any atom is -0.367 e. The summed E-state index contributed by atoms with van der Waals surface area (Å²) in [7, 11) is 0. The van der Waals surface area contributed by atoms with Crippen LogP contribution in [0.25, 0.3) is 0 Å². The molecule has 0 amide bonds. The molecule has 1 aliphatic heterocycles. The van der Waals surface area contributed by atoms with E-state index in [4.69, 9.17) is 0 Å². The number of nitrogens with zero attached hydrogens (tertiary/aromatic N) is 1. The van der Waals surface area contributed by atoms with E-state index in [1.807, 2.05) is 24.3 Å². The Morgan fingerprint density at radius 1 is 1.27 bits per heavy atom. The molecule has 2 rings (SSSR count). The van der Waals surface area contributed by atoms with Crippen LogP contribution in [0.5, 0.6) is 0 Å². The molecule has 0 aromatic heterocycles. The van der Waals surface area contributed by atoms with E-state index < -0.39 is 0 Å². The Morgan fingerprint density at radius 3 is 2.64 bits per heavy atom. The minimum atomic E-state index is 0.796. The molecule has 0 N–H and O–H groups in total. The lowest BCUT2D eigenvalue weighted by molar-refractivity contribution is 0.112. The first-order valence-electron chi connectivity index (χ1n) is 3.71. The summed E-state index contributed by atoms with van der Waals surface area (Å²) in [5.74, 6) is 0. The molecule has 1 saturated heterocycles. The molecule has 1 heterocycles. The summed E-state index contributed by atoms with van der Waals surface area (Å²) in [6.07, 6.45) is 0.910. The summed E-state index contributed by atoms with van der Waals surface area (Å²) in [5, 5.41) is 0. The van der Waals surface area contributed by atoms with Crippen molar-refractivity contribution in [2.45, 2.75) is 0 Å². The van der Waals surface area contributed by atoms with E-state index in [1.54, 1.807) is 0 Å². The molecule has 1 fully saturated rings. The van der Waals surface area contributed by atoms with Crippen LogP contribution >= 0.6 is 0 Å². The first-order valence-corrected chi connectivity index (χ1v) is 3.71. The number of aldehydes is 1. The summed E-state index contributed by atoms with van der Waals surface area (Å²) >= 11 is 0. The van der Waals surface area contributed by atoms with Crippen LogP contribution in [0.15, 0.2) is 24.3 Å². The van der Waals surface area contributed by atoms with E-state index in [1.165, 1.54) is 0 Å². The highest BCUT2D eigenvalue weighted by atomic mass is 16.1. The smallest absolute Gasteiger partial charge is 0.152 e. The van der Waals surface area contributed by atoms with Crippen molar-refractivity contribution >= 4 is 12.0 Å². The minimum absolute atomic E-state index is 0.796. The van der Waals surface area contributed by atoms with Gasteiger partial charge >= 0.3 is 0 Å². The number of anilines is 1. The maximum atomic E-state index is 10.5. The highest BCUT2D eigenvalue weighted by Gasteiger charge is 2.19. The SMILES string of the molecule is O=Cc1ccccc1N1CC1. The van der Waals surface area contributed by atoms with Crippen molar-refractivity contribution in [2.24, 2.45) is 0 Å². The van der Waals surface area contributed by atoms with Crippen LogP contribution < -0.4 is 4.90 Å². The zero-order valence-corrected chi connectivity index (χ0v) is 6.16. The predicted octanol–water partition coefficient (Wildman–Crippen LogP) is 1.32. The van der Waals surface area contributed by atoms with Crippen molar-refractivity contribution in [3.05, 3.63) is 29.8 Å². The van der Waals surface area contributed by atoms with Gasteiger partial charge in [-0.05, 0) is 12.1 Å². The Labute approximate surface area is 65.4 Å². The molecule has 2 nitrogen and oxygen atoms in total. The molecule has 0 radical (unpaired) electrons. The topological polar surface area (TPSA) is 20.1 Å². The lowest BCUT2D eigenvalue weighted by atomic mass is 10.2. The number of carbonyl (C=O) groups is 1. The Kier molecular flexibility index (Phi) is 1.39. The maximum Gasteiger partial charge on any atom is 0.152 e. The summed E-state index contributed by atoms with van der Waals surface area (Å²) in [6.45, 7) is 2.18. The van der Waals surface area contributed by atoms with Gasteiger partial charge < -0.3 is 4.90 Å². The monoisotopic (exact) mass is 147 g/mol. The average Bonchev–Trinajstić information content (AvgIpc) is 2.87. The highest BCUT2D eigenvalue weighted by molar-refractivity contribution is 5.85. The van der Waals surface area contributed by atoms with Gasteiger partial charge in [-0.15, -0.1) is 0 Å². The van der Waals surface area contributed by atoms with E-state index in [2.05, 4.69) is 4.90 Å². The molecule has 56 valence electrons. The molecule has 0 aliphatic carbocycles. The molecule has 1 aromatic carbocycles. The van der Waals surface area contributed by atoms with Gasteiger partial charge in [-0.2, -0.15) is 0 Å². The third-order valence-corrected chi connectivity index (χ3v) is 1.85. The van der Waals surface area contributed by atoms with Crippen LogP contribution in [0.3, 0.4) is 0 Å².